The number of anilines is 1. The Hall–Kier alpha value is -2.38. The molecule has 0 radical (unpaired) electrons. The summed E-state index contributed by atoms with van der Waals surface area (Å²) in [6.07, 6.45) is 3.72. The van der Waals surface area contributed by atoms with Gasteiger partial charge in [0, 0.05) is 25.2 Å². The first kappa shape index (κ1) is 21.3. The Labute approximate surface area is 172 Å². The second-order valence-electron chi connectivity index (χ2n) is 7.31. The molecule has 2 aromatic carbocycles. The second kappa shape index (κ2) is 9.89. The normalized spacial score (nSPS) is 15.1. The minimum atomic E-state index is -3.51. The standard InChI is InChI=1S/C22H28N2O4S/c1-18-8-5-10-20(16-18)28-15-7-12-22(25)23-19-9-6-11-21(17-19)29(26,27)24-13-3-2-4-14-24/h5-6,8-11,16-17H,2-4,7,12-15H2,1H3,(H,23,25). The molecule has 1 aliphatic heterocycles. The summed E-state index contributed by atoms with van der Waals surface area (Å²) in [4.78, 5) is 12.4. The van der Waals surface area contributed by atoms with E-state index >= 15 is 0 Å². The lowest BCUT2D eigenvalue weighted by Crippen LogP contribution is -2.35. The van der Waals surface area contributed by atoms with Crippen LogP contribution in [0.5, 0.6) is 5.75 Å². The largest absolute Gasteiger partial charge is 0.494 e. The highest BCUT2D eigenvalue weighted by molar-refractivity contribution is 7.89. The third-order valence-corrected chi connectivity index (χ3v) is 6.77. The Balaban J connectivity index is 1.51. The predicted octanol–water partition coefficient (Wildman–Crippen LogP) is 3.97. The van der Waals surface area contributed by atoms with Crippen LogP contribution in [0.3, 0.4) is 0 Å². The Morgan fingerprint density at radius 2 is 1.83 bits per heavy atom. The van der Waals surface area contributed by atoms with Crippen LogP contribution in [-0.2, 0) is 14.8 Å². The van der Waals surface area contributed by atoms with E-state index in [1.54, 1.807) is 18.2 Å². The summed E-state index contributed by atoms with van der Waals surface area (Å²) in [5.74, 6) is 0.631. The van der Waals surface area contributed by atoms with Crippen LogP contribution >= 0.6 is 0 Å². The van der Waals surface area contributed by atoms with Crippen LogP contribution in [-0.4, -0.2) is 38.3 Å². The average Bonchev–Trinajstić information content (AvgIpc) is 2.72. The molecule has 0 aliphatic carbocycles. The summed E-state index contributed by atoms with van der Waals surface area (Å²) in [5.41, 5.74) is 1.62. The lowest BCUT2D eigenvalue weighted by molar-refractivity contribution is -0.116. The fourth-order valence-electron chi connectivity index (χ4n) is 3.34. The van der Waals surface area contributed by atoms with E-state index < -0.39 is 10.0 Å². The van der Waals surface area contributed by atoms with Crippen molar-refractivity contribution in [2.24, 2.45) is 0 Å². The monoisotopic (exact) mass is 416 g/mol. The molecule has 0 bridgehead atoms. The molecular weight excluding hydrogens is 388 g/mol. The van der Waals surface area contributed by atoms with E-state index in [-0.39, 0.29) is 10.8 Å². The molecule has 3 rings (SSSR count). The molecule has 0 saturated carbocycles. The minimum Gasteiger partial charge on any atom is -0.494 e. The third kappa shape index (κ3) is 6.05. The number of nitrogens with one attached hydrogen (secondary N) is 1. The van der Waals surface area contributed by atoms with Crippen molar-refractivity contribution in [1.82, 2.24) is 4.31 Å². The van der Waals surface area contributed by atoms with Crippen LogP contribution in [0.2, 0.25) is 0 Å². The van der Waals surface area contributed by atoms with Crippen molar-refractivity contribution in [1.29, 1.82) is 0 Å². The summed E-state index contributed by atoms with van der Waals surface area (Å²) in [6.45, 7) is 3.56. The number of carbonyl (C=O) groups is 1. The zero-order chi connectivity index (χ0) is 20.7. The number of rotatable bonds is 8. The molecule has 7 heteroatoms. The quantitative estimate of drug-likeness (QED) is 0.661. The van der Waals surface area contributed by atoms with Crippen LogP contribution in [0.4, 0.5) is 5.69 Å². The molecule has 1 heterocycles. The summed E-state index contributed by atoms with van der Waals surface area (Å²) in [5, 5.41) is 2.79. The van der Waals surface area contributed by atoms with Crippen LogP contribution in [0, 0.1) is 6.92 Å². The van der Waals surface area contributed by atoms with Crippen molar-refractivity contribution in [3.05, 3.63) is 54.1 Å². The van der Waals surface area contributed by atoms with Gasteiger partial charge in [-0.25, -0.2) is 8.42 Å². The van der Waals surface area contributed by atoms with E-state index in [1.165, 1.54) is 10.4 Å². The van der Waals surface area contributed by atoms with Crippen LogP contribution in [0.15, 0.2) is 53.4 Å². The summed E-state index contributed by atoms with van der Waals surface area (Å²) in [6, 6.07) is 14.3. The van der Waals surface area contributed by atoms with Gasteiger partial charge in [0.05, 0.1) is 11.5 Å². The Morgan fingerprint density at radius 3 is 2.59 bits per heavy atom. The smallest absolute Gasteiger partial charge is 0.243 e. The maximum atomic E-state index is 12.8. The zero-order valence-electron chi connectivity index (χ0n) is 16.8. The topological polar surface area (TPSA) is 75.7 Å². The number of hydrogen-bond donors (Lipinski definition) is 1. The van der Waals surface area contributed by atoms with Gasteiger partial charge in [0.25, 0.3) is 0 Å². The number of piperidine rings is 1. The highest BCUT2D eigenvalue weighted by Gasteiger charge is 2.26. The molecule has 1 N–H and O–H groups in total. The van der Waals surface area contributed by atoms with Gasteiger partial charge >= 0.3 is 0 Å². The summed E-state index contributed by atoms with van der Waals surface area (Å²) >= 11 is 0. The molecule has 0 atom stereocenters. The first-order valence-corrected chi connectivity index (χ1v) is 11.5. The molecular formula is C22H28N2O4S. The van der Waals surface area contributed by atoms with Gasteiger partial charge in [-0.05, 0) is 62.1 Å². The number of ether oxygens (including phenoxy) is 1. The first-order chi connectivity index (χ1) is 13.9. The summed E-state index contributed by atoms with van der Waals surface area (Å²) < 4.78 is 32.8. The van der Waals surface area contributed by atoms with E-state index in [2.05, 4.69) is 5.32 Å². The molecule has 1 fully saturated rings. The Kier molecular flexibility index (Phi) is 7.28. The molecule has 0 spiro atoms. The van der Waals surface area contributed by atoms with Crippen molar-refractivity contribution in [2.75, 3.05) is 25.0 Å². The van der Waals surface area contributed by atoms with Gasteiger partial charge in [-0.3, -0.25) is 4.79 Å². The van der Waals surface area contributed by atoms with E-state index in [4.69, 9.17) is 4.74 Å². The Bertz CT molecular complexity index is 937. The lowest BCUT2D eigenvalue weighted by Gasteiger charge is -2.26. The van der Waals surface area contributed by atoms with Gasteiger partial charge in [-0.15, -0.1) is 0 Å². The zero-order valence-corrected chi connectivity index (χ0v) is 17.6. The number of aryl methyl sites for hydroxylation is 1. The fraction of sp³-hybridized carbons (Fsp3) is 0.409. The maximum Gasteiger partial charge on any atom is 0.243 e. The van der Waals surface area contributed by atoms with Gasteiger partial charge in [-0.2, -0.15) is 4.31 Å². The molecule has 0 unspecified atom stereocenters. The fourth-order valence-corrected chi connectivity index (χ4v) is 4.90. The van der Waals surface area contributed by atoms with Gasteiger partial charge in [0.15, 0.2) is 0 Å². The molecule has 29 heavy (non-hydrogen) atoms. The van der Waals surface area contributed by atoms with Gasteiger partial charge in [0.1, 0.15) is 5.75 Å². The molecule has 1 saturated heterocycles. The molecule has 0 aromatic heterocycles. The number of benzene rings is 2. The van der Waals surface area contributed by atoms with E-state index in [1.807, 2.05) is 31.2 Å². The first-order valence-electron chi connectivity index (χ1n) is 10.0. The maximum absolute atomic E-state index is 12.8. The van der Waals surface area contributed by atoms with Crippen molar-refractivity contribution >= 4 is 21.6 Å². The SMILES string of the molecule is Cc1cccc(OCCCC(=O)Nc2cccc(S(=O)(=O)N3CCCCC3)c2)c1. The van der Waals surface area contributed by atoms with Crippen molar-refractivity contribution in [3.63, 3.8) is 0 Å². The van der Waals surface area contributed by atoms with Crippen LogP contribution in [0.1, 0.15) is 37.7 Å². The highest BCUT2D eigenvalue weighted by Crippen LogP contribution is 2.23. The van der Waals surface area contributed by atoms with E-state index in [0.717, 1.165) is 30.6 Å². The predicted molar refractivity (Wildman–Crippen MR) is 114 cm³/mol. The summed E-state index contributed by atoms with van der Waals surface area (Å²) in [7, 11) is -3.51. The second-order valence-corrected chi connectivity index (χ2v) is 9.25. The number of nitrogens with zero attached hydrogens (tertiary/aromatic N) is 1. The molecule has 156 valence electrons. The van der Waals surface area contributed by atoms with Gasteiger partial charge in [-0.1, -0.05) is 24.6 Å². The van der Waals surface area contributed by atoms with Crippen LogP contribution < -0.4 is 10.1 Å². The van der Waals surface area contributed by atoms with Crippen molar-refractivity contribution in [3.8, 4) is 5.75 Å². The molecule has 1 amide bonds. The average molecular weight is 417 g/mol. The number of carbonyl (C=O) groups excluding carboxylic acids is 1. The van der Waals surface area contributed by atoms with Gasteiger partial charge in [0.2, 0.25) is 15.9 Å². The number of hydrogen-bond acceptors (Lipinski definition) is 4. The number of sulfonamides is 1. The van der Waals surface area contributed by atoms with Crippen molar-refractivity contribution in [2.45, 2.75) is 43.9 Å². The Morgan fingerprint density at radius 1 is 1.07 bits per heavy atom. The highest BCUT2D eigenvalue weighted by atomic mass is 32.2. The third-order valence-electron chi connectivity index (χ3n) is 4.88. The van der Waals surface area contributed by atoms with E-state index in [0.29, 0.717) is 38.2 Å². The minimum absolute atomic E-state index is 0.162. The van der Waals surface area contributed by atoms with Crippen LogP contribution in [0.25, 0.3) is 0 Å². The van der Waals surface area contributed by atoms with Gasteiger partial charge < -0.3 is 10.1 Å². The molecule has 6 nitrogen and oxygen atoms in total. The molecule has 2 aromatic rings. The number of amides is 1. The lowest BCUT2D eigenvalue weighted by atomic mass is 10.2. The molecule has 1 aliphatic rings. The van der Waals surface area contributed by atoms with Crippen molar-refractivity contribution < 1.29 is 17.9 Å². The van der Waals surface area contributed by atoms with E-state index in [9.17, 15) is 13.2 Å².